The van der Waals surface area contributed by atoms with Crippen LogP contribution in [-0.2, 0) is 6.42 Å². The number of hydrazine groups is 1. The van der Waals surface area contributed by atoms with Crippen LogP contribution >= 0.6 is 27.3 Å². The van der Waals surface area contributed by atoms with Crippen LogP contribution < -0.4 is 11.3 Å². The number of nitrogens with zero attached hydrogens (tertiary/aromatic N) is 1. The molecule has 3 nitrogen and oxygen atoms in total. The summed E-state index contributed by atoms with van der Waals surface area (Å²) < 4.78 is 1.20. The lowest BCUT2D eigenvalue weighted by molar-refractivity contribution is 0.0613. The van der Waals surface area contributed by atoms with Gasteiger partial charge in [-0.25, -0.2) is 0 Å². The third-order valence-corrected chi connectivity index (χ3v) is 6.25. The second-order valence-corrected chi connectivity index (χ2v) is 7.67. The first-order valence-electron chi connectivity index (χ1n) is 6.98. The second-order valence-electron chi connectivity index (χ2n) is 5.82. The van der Waals surface area contributed by atoms with Crippen molar-refractivity contribution in [3.63, 3.8) is 0 Å². The predicted molar refractivity (Wildman–Crippen MR) is 86.3 cm³/mol. The molecule has 1 aliphatic heterocycles. The number of hydrogen-bond donors (Lipinski definition) is 2. The highest BCUT2D eigenvalue weighted by Crippen LogP contribution is 2.29. The normalized spacial score (nSPS) is 19.6. The Bertz CT molecular complexity index is 399. The van der Waals surface area contributed by atoms with Gasteiger partial charge in [-0.05, 0) is 67.2 Å². The molecule has 0 saturated carbocycles. The molecule has 0 radical (unpaired) electrons. The van der Waals surface area contributed by atoms with Gasteiger partial charge >= 0.3 is 0 Å². The van der Waals surface area contributed by atoms with Crippen molar-refractivity contribution in [1.82, 2.24) is 10.3 Å². The molecular weight excluding hydrogens is 322 g/mol. The maximum Gasteiger partial charge on any atom is 0.0437 e. The number of thiophene rings is 1. The first-order valence-corrected chi connectivity index (χ1v) is 8.66. The Morgan fingerprint density at radius 3 is 2.63 bits per heavy atom. The molecule has 3 N–H and O–H groups in total. The van der Waals surface area contributed by atoms with Crippen LogP contribution in [0.5, 0.6) is 0 Å². The van der Waals surface area contributed by atoms with Crippen LogP contribution in [0.1, 0.15) is 38.0 Å². The fourth-order valence-electron chi connectivity index (χ4n) is 2.86. The number of nitrogens with two attached hydrogens (primary N) is 1. The maximum atomic E-state index is 5.84. The summed E-state index contributed by atoms with van der Waals surface area (Å²) in [5.41, 5.74) is 3.13. The summed E-state index contributed by atoms with van der Waals surface area (Å²) in [4.78, 5) is 3.95. The Kier molecular flexibility index (Phi) is 5.43. The summed E-state index contributed by atoms with van der Waals surface area (Å²) in [5.74, 6) is 5.84. The monoisotopic (exact) mass is 345 g/mol. The quantitative estimate of drug-likeness (QED) is 0.636. The number of piperidine rings is 1. The molecular formula is C14H24BrN3S. The molecule has 1 unspecified atom stereocenters. The Morgan fingerprint density at radius 1 is 1.42 bits per heavy atom. The van der Waals surface area contributed by atoms with Crippen molar-refractivity contribution < 1.29 is 0 Å². The van der Waals surface area contributed by atoms with Crippen molar-refractivity contribution in [3.05, 3.63) is 20.8 Å². The van der Waals surface area contributed by atoms with E-state index in [9.17, 15) is 0 Å². The van der Waals surface area contributed by atoms with Gasteiger partial charge in [0.1, 0.15) is 0 Å². The fraction of sp³-hybridized carbons (Fsp3) is 0.714. The minimum Gasteiger partial charge on any atom is -0.297 e. The number of likely N-dealkylation sites (tertiary alicyclic amines) is 1. The van der Waals surface area contributed by atoms with Gasteiger partial charge in [0.25, 0.3) is 0 Å². The van der Waals surface area contributed by atoms with E-state index in [0.717, 1.165) is 6.42 Å². The summed E-state index contributed by atoms with van der Waals surface area (Å²) >= 11 is 5.41. The van der Waals surface area contributed by atoms with Gasteiger partial charge in [0.15, 0.2) is 0 Å². The minimum absolute atomic E-state index is 0.0819. The van der Waals surface area contributed by atoms with Crippen LogP contribution in [0, 0.1) is 0 Å². The van der Waals surface area contributed by atoms with Gasteiger partial charge in [-0.15, -0.1) is 11.3 Å². The van der Waals surface area contributed by atoms with Gasteiger partial charge in [0.2, 0.25) is 0 Å². The molecule has 0 amide bonds. The van der Waals surface area contributed by atoms with Gasteiger partial charge < -0.3 is 0 Å². The molecule has 1 aromatic rings. The van der Waals surface area contributed by atoms with Crippen molar-refractivity contribution in [1.29, 1.82) is 0 Å². The number of nitrogens with one attached hydrogen (secondary N) is 1. The largest absolute Gasteiger partial charge is 0.297 e. The molecule has 1 aromatic heterocycles. The zero-order chi connectivity index (χ0) is 13.9. The third kappa shape index (κ3) is 3.58. The first-order chi connectivity index (χ1) is 9.05. The molecule has 2 rings (SSSR count). The Hall–Kier alpha value is 0.0600. The number of halogens is 1. The van der Waals surface area contributed by atoms with Gasteiger partial charge in [0, 0.05) is 27.4 Å². The number of hydrogen-bond acceptors (Lipinski definition) is 4. The highest BCUT2D eigenvalue weighted by atomic mass is 79.9. The summed E-state index contributed by atoms with van der Waals surface area (Å²) in [6.07, 6.45) is 4.95. The van der Waals surface area contributed by atoms with Crippen molar-refractivity contribution in [2.75, 3.05) is 13.1 Å². The lowest BCUT2D eigenvalue weighted by atomic mass is 9.88. The van der Waals surface area contributed by atoms with Gasteiger partial charge in [-0.3, -0.25) is 16.2 Å². The smallest absolute Gasteiger partial charge is 0.0437 e. The van der Waals surface area contributed by atoms with E-state index in [1.807, 2.05) is 0 Å². The van der Waals surface area contributed by atoms with E-state index in [4.69, 9.17) is 5.84 Å². The standard InChI is InChI=1S/C14H24BrN3S/c1-14(2,18-7-4-3-5-8-18)13(17-16)10-12-11(15)6-9-19-12/h6,9,13,17H,3-5,7-8,10,16H2,1-2H3. The molecule has 0 spiro atoms. The molecule has 0 bridgehead atoms. The number of rotatable bonds is 5. The Balaban J connectivity index is 2.08. The first kappa shape index (κ1) is 15.4. The average molecular weight is 346 g/mol. The maximum absolute atomic E-state index is 5.84. The van der Waals surface area contributed by atoms with Crippen LogP contribution in [0.15, 0.2) is 15.9 Å². The zero-order valence-corrected chi connectivity index (χ0v) is 14.2. The van der Waals surface area contributed by atoms with E-state index in [1.54, 1.807) is 11.3 Å². The second kappa shape index (κ2) is 6.68. The van der Waals surface area contributed by atoms with E-state index < -0.39 is 0 Å². The van der Waals surface area contributed by atoms with E-state index in [0.29, 0.717) is 0 Å². The molecule has 1 aliphatic rings. The highest BCUT2D eigenvalue weighted by Gasteiger charge is 2.35. The molecule has 1 fully saturated rings. The van der Waals surface area contributed by atoms with Crippen LogP contribution in [0.25, 0.3) is 0 Å². The van der Waals surface area contributed by atoms with E-state index >= 15 is 0 Å². The lowest BCUT2D eigenvalue weighted by Crippen LogP contribution is -2.61. The van der Waals surface area contributed by atoms with Crippen LogP contribution in [0.2, 0.25) is 0 Å². The van der Waals surface area contributed by atoms with Crippen molar-refractivity contribution in [2.45, 2.75) is 51.1 Å². The van der Waals surface area contributed by atoms with Gasteiger partial charge in [0.05, 0.1) is 0 Å². The predicted octanol–water partition coefficient (Wildman–Crippen LogP) is 3.15. The molecule has 0 aliphatic carbocycles. The summed E-state index contributed by atoms with van der Waals surface area (Å²) in [6.45, 7) is 7.00. The molecule has 0 aromatic carbocycles. The molecule has 1 saturated heterocycles. The van der Waals surface area contributed by atoms with Gasteiger partial charge in [-0.1, -0.05) is 6.42 Å². The van der Waals surface area contributed by atoms with Crippen molar-refractivity contribution in [3.8, 4) is 0 Å². The molecule has 2 heterocycles. The van der Waals surface area contributed by atoms with Crippen molar-refractivity contribution >= 4 is 27.3 Å². The van der Waals surface area contributed by atoms with E-state index in [2.05, 4.69) is 51.5 Å². The fourth-order valence-corrected chi connectivity index (χ4v) is 4.42. The third-order valence-electron chi connectivity index (χ3n) is 4.31. The van der Waals surface area contributed by atoms with Crippen LogP contribution in [0.4, 0.5) is 0 Å². The molecule has 19 heavy (non-hydrogen) atoms. The van der Waals surface area contributed by atoms with Crippen LogP contribution in [-0.4, -0.2) is 29.6 Å². The molecule has 108 valence electrons. The van der Waals surface area contributed by atoms with E-state index in [-0.39, 0.29) is 11.6 Å². The lowest BCUT2D eigenvalue weighted by Gasteiger charge is -2.45. The minimum atomic E-state index is 0.0819. The average Bonchev–Trinajstić information content (AvgIpc) is 2.82. The summed E-state index contributed by atoms with van der Waals surface area (Å²) in [5, 5.41) is 2.13. The van der Waals surface area contributed by atoms with E-state index in [1.165, 1.54) is 41.7 Å². The SMILES string of the molecule is CC(C)(C(Cc1sccc1Br)NN)N1CCCCC1. The Labute approximate surface area is 128 Å². The molecule has 1 atom stereocenters. The summed E-state index contributed by atoms with van der Waals surface area (Å²) in [6, 6.07) is 2.38. The highest BCUT2D eigenvalue weighted by molar-refractivity contribution is 9.10. The van der Waals surface area contributed by atoms with Gasteiger partial charge in [-0.2, -0.15) is 0 Å². The Morgan fingerprint density at radius 2 is 2.11 bits per heavy atom. The molecule has 5 heteroatoms. The van der Waals surface area contributed by atoms with Crippen LogP contribution in [0.3, 0.4) is 0 Å². The summed E-state index contributed by atoms with van der Waals surface area (Å²) in [7, 11) is 0. The topological polar surface area (TPSA) is 41.3 Å². The zero-order valence-electron chi connectivity index (χ0n) is 11.8. The van der Waals surface area contributed by atoms with Crippen molar-refractivity contribution in [2.24, 2.45) is 5.84 Å².